The number of carbonyl (C=O) groups is 1. The first kappa shape index (κ1) is 11.7. The van der Waals surface area contributed by atoms with Gasteiger partial charge in [-0.2, -0.15) is 5.26 Å². The van der Waals surface area contributed by atoms with Crippen LogP contribution in [0.2, 0.25) is 0 Å². The van der Waals surface area contributed by atoms with Gasteiger partial charge in [0.25, 0.3) is 0 Å². The van der Waals surface area contributed by atoms with Crippen LogP contribution >= 0.6 is 38.5 Å². The van der Waals surface area contributed by atoms with E-state index in [1.807, 2.05) is 6.07 Å². The molecule has 2 nitrogen and oxygen atoms in total. The Hall–Kier alpha value is -0.410. The van der Waals surface area contributed by atoms with Crippen molar-refractivity contribution >= 4 is 44.3 Å². The van der Waals surface area contributed by atoms with Crippen molar-refractivity contribution in [3.05, 3.63) is 32.9 Å². The molecule has 0 saturated heterocycles. The molecule has 1 aromatic rings. The third-order valence-corrected chi connectivity index (χ3v) is 3.57. The molecule has 0 heterocycles. The van der Waals surface area contributed by atoms with Crippen LogP contribution < -0.4 is 0 Å². The Bertz CT molecular complexity index is 411. The number of halogens is 2. The highest BCUT2D eigenvalue weighted by atomic mass is 127. The lowest BCUT2D eigenvalue weighted by atomic mass is 10.0. The van der Waals surface area contributed by atoms with Crippen LogP contribution in [0.25, 0.3) is 0 Å². The van der Waals surface area contributed by atoms with Crippen LogP contribution in [0.4, 0.5) is 0 Å². The molecule has 0 fully saturated rings. The van der Waals surface area contributed by atoms with E-state index in [9.17, 15) is 4.79 Å². The van der Waals surface area contributed by atoms with Gasteiger partial charge in [0.2, 0.25) is 0 Å². The van der Waals surface area contributed by atoms with Crippen molar-refractivity contribution in [1.82, 2.24) is 0 Å². The molecule has 0 radical (unpaired) electrons. The fourth-order valence-electron chi connectivity index (χ4n) is 1.07. The highest BCUT2D eigenvalue weighted by Crippen LogP contribution is 2.27. The van der Waals surface area contributed by atoms with Gasteiger partial charge >= 0.3 is 0 Å². The molecular weight excluding hydrogens is 357 g/mol. The highest BCUT2D eigenvalue weighted by Gasteiger charge is 2.16. The van der Waals surface area contributed by atoms with Crippen LogP contribution in [0.15, 0.2) is 18.2 Å². The summed E-state index contributed by atoms with van der Waals surface area (Å²) in [6.07, 6.45) is 0. The molecule has 14 heavy (non-hydrogen) atoms. The average molecular weight is 364 g/mol. The quantitative estimate of drug-likeness (QED) is 0.598. The zero-order chi connectivity index (χ0) is 10.7. The number of Topliss-reactive ketones (excluding diaryl/α,β-unsaturated/α-hetero) is 1. The Balaban J connectivity index is 3.22. The van der Waals surface area contributed by atoms with Crippen LogP contribution in [0.1, 0.15) is 22.9 Å². The number of nitriles is 1. The molecule has 0 aliphatic rings. The van der Waals surface area contributed by atoms with Crippen LogP contribution in [0.5, 0.6) is 0 Å². The van der Waals surface area contributed by atoms with E-state index in [0.29, 0.717) is 5.56 Å². The summed E-state index contributed by atoms with van der Waals surface area (Å²) in [6.45, 7) is 1.50. The zero-order valence-electron chi connectivity index (χ0n) is 7.42. The van der Waals surface area contributed by atoms with Crippen molar-refractivity contribution in [2.75, 3.05) is 0 Å². The molecule has 0 amide bonds. The maximum atomic E-state index is 11.1. The van der Waals surface area contributed by atoms with E-state index >= 15 is 0 Å². The van der Waals surface area contributed by atoms with Crippen molar-refractivity contribution < 1.29 is 4.79 Å². The monoisotopic (exact) mass is 363 g/mol. The maximum Gasteiger partial charge on any atom is 0.147 e. The molecule has 0 aliphatic carbocycles. The van der Waals surface area contributed by atoms with Gasteiger partial charge < -0.3 is 0 Å². The highest BCUT2D eigenvalue weighted by molar-refractivity contribution is 14.1. The van der Waals surface area contributed by atoms with E-state index in [-0.39, 0.29) is 10.6 Å². The summed E-state index contributed by atoms with van der Waals surface area (Å²) < 4.78 is 0.992. The minimum Gasteiger partial charge on any atom is -0.298 e. The standard InChI is InChI=1S/C10H7BrINO/c1-6(14)10(11)9-3-2-8(12)4-7(9)5-13/h2-4,10H,1H3. The second kappa shape index (κ2) is 4.89. The van der Waals surface area contributed by atoms with Crippen molar-refractivity contribution in [2.45, 2.75) is 11.8 Å². The second-order valence-corrected chi connectivity index (χ2v) is 4.98. The summed E-state index contributed by atoms with van der Waals surface area (Å²) in [7, 11) is 0. The molecule has 1 rings (SSSR count). The van der Waals surface area contributed by atoms with Crippen LogP contribution in [0.3, 0.4) is 0 Å². The molecule has 1 atom stereocenters. The van der Waals surface area contributed by atoms with Gasteiger partial charge in [0.1, 0.15) is 5.78 Å². The Morgan fingerprint density at radius 2 is 2.29 bits per heavy atom. The SMILES string of the molecule is CC(=O)C(Br)c1ccc(I)cc1C#N. The van der Waals surface area contributed by atoms with Gasteiger partial charge in [-0.15, -0.1) is 0 Å². The Labute approximate surface area is 105 Å². The van der Waals surface area contributed by atoms with E-state index in [1.54, 1.807) is 12.1 Å². The lowest BCUT2D eigenvalue weighted by molar-refractivity contribution is -0.116. The van der Waals surface area contributed by atoms with E-state index in [4.69, 9.17) is 5.26 Å². The number of hydrogen-bond donors (Lipinski definition) is 0. The molecule has 0 bridgehead atoms. The van der Waals surface area contributed by atoms with Crippen molar-refractivity contribution in [3.63, 3.8) is 0 Å². The minimum absolute atomic E-state index is 0.00251. The lowest BCUT2D eigenvalue weighted by Gasteiger charge is -2.08. The summed E-state index contributed by atoms with van der Waals surface area (Å²) >= 11 is 5.40. The molecule has 0 N–H and O–H groups in total. The summed E-state index contributed by atoms with van der Waals surface area (Å²) in [6, 6.07) is 7.55. The molecule has 0 spiro atoms. The molecule has 0 saturated carbocycles. The van der Waals surface area contributed by atoms with E-state index in [0.717, 1.165) is 9.13 Å². The number of alkyl halides is 1. The minimum atomic E-state index is -0.380. The van der Waals surface area contributed by atoms with Crippen molar-refractivity contribution in [1.29, 1.82) is 5.26 Å². The molecule has 1 unspecified atom stereocenters. The van der Waals surface area contributed by atoms with Gasteiger partial charge in [-0.1, -0.05) is 22.0 Å². The largest absolute Gasteiger partial charge is 0.298 e. The van der Waals surface area contributed by atoms with E-state index < -0.39 is 0 Å². The molecule has 0 aliphatic heterocycles. The fraction of sp³-hybridized carbons (Fsp3) is 0.200. The first-order valence-electron chi connectivity index (χ1n) is 3.90. The Kier molecular flexibility index (Phi) is 4.08. The van der Waals surface area contributed by atoms with Gasteiger partial charge in [-0.05, 0) is 47.2 Å². The normalized spacial score (nSPS) is 11.9. The van der Waals surface area contributed by atoms with Gasteiger partial charge in [-0.3, -0.25) is 4.79 Å². The van der Waals surface area contributed by atoms with Gasteiger partial charge in [0.05, 0.1) is 16.5 Å². The molecule has 72 valence electrons. The third-order valence-electron chi connectivity index (χ3n) is 1.77. The van der Waals surface area contributed by atoms with E-state index in [2.05, 4.69) is 44.6 Å². The smallest absolute Gasteiger partial charge is 0.147 e. The number of benzene rings is 1. The molecule has 1 aromatic carbocycles. The van der Waals surface area contributed by atoms with Crippen LogP contribution in [0, 0.1) is 14.9 Å². The summed E-state index contributed by atoms with van der Waals surface area (Å²) in [5.41, 5.74) is 1.29. The first-order chi connectivity index (χ1) is 6.56. The molecular formula is C10H7BrINO. The number of hydrogen-bond acceptors (Lipinski definition) is 2. The molecule has 0 aromatic heterocycles. The van der Waals surface area contributed by atoms with Gasteiger partial charge in [-0.25, -0.2) is 0 Å². The zero-order valence-corrected chi connectivity index (χ0v) is 11.2. The first-order valence-corrected chi connectivity index (χ1v) is 5.89. The predicted molar refractivity (Wildman–Crippen MR) is 66.2 cm³/mol. The second-order valence-electron chi connectivity index (χ2n) is 2.82. The number of carbonyl (C=O) groups excluding carboxylic acids is 1. The molecule has 4 heteroatoms. The maximum absolute atomic E-state index is 11.1. The number of nitrogens with zero attached hydrogens (tertiary/aromatic N) is 1. The fourth-order valence-corrected chi connectivity index (χ4v) is 1.96. The summed E-state index contributed by atoms with van der Waals surface area (Å²) in [5.74, 6) is 0.00251. The lowest BCUT2D eigenvalue weighted by Crippen LogP contribution is -2.03. The van der Waals surface area contributed by atoms with E-state index in [1.165, 1.54) is 6.92 Å². The average Bonchev–Trinajstić information content (AvgIpc) is 2.16. The third kappa shape index (κ3) is 2.55. The topological polar surface area (TPSA) is 40.9 Å². The Morgan fingerprint density at radius 3 is 2.79 bits per heavy atom. The Morgan fingerprint density at radius 1 is 1.64 bits per heavy atom. The predicted octanol–water partition coefficient (Wildman–Crippen LogP) is 3.19. The van der Waals surface area contributed by atoms with Crippen molar-refractivity contribution in [3.8, 4) is 6.07 Å². The number of rotatable bonds is 2. The van der Waals surface area contributed by atoms with Crippen molar-refractivity contribution in [2.24, 2.45) is 0 Å². The summed E-state index contributed by atoms with van der Waals surface area (Å²) in [4.78, 5) is 10.8. The van der Waals surface area contributed by atoms with Crippen LogP contribution in [-0.2, 0) is 4.79 Å². The van der Waals surface area contributed by atoms with Crippen LogP contribution in [-0.4, -0.2) is 5.78 Å². The van der Waals surface area contributed by atoms with Gasteiger partial charge in [0, 0.05) is 3.57 Å². The summed E-state index contributed by atoms with van der Waals surface area (Å²) in [5, 5.41) is 8.89. The van der Waals surface area contributed by atoms with Gasteiger partial charge in [0.15, 0.2) is 0 Å². The number of ketones is 1.